The molecule has 73 valence electrons. The maximum Gasteiger partial charge on any atom is 0.250 e. The predicted octanol–water partition coefficient (Wildman–Crippen LogP) is 1.41. The second-order valence-electron chi connectivity index (χ2n) is 2.92. The van der Waals surface area contributed by atoms with Crippen LogP contribution in [0.15, 0.2) is 36.1 Å². The maximum atomic E-state index is 11.3. The molecule has 3 heteroatoms. The molecule has 0 saturated carbocycles. The second kappa shape index (κ2) is 5.22. The molecule has 0 aromatic rings. The summed E-state index contributed by atoms with van der Waals surface area (Å²) in [6.07, 6.45) is 5.41. The van der Waals surface area contributed by atoms with Gasteiger partial charge in [-0.3, -0.25) is 9.63 Å². The Morgan fingerprint density at radius 3 is 3.14 bits per heavy atom. The zero-order valence-corrected chi connectivity index (χ0v) is 7.90. The highest BCUT2D eigenvalue weighted by molar-refractivity contribution is 5.78. The van der Waals surface area contributed by atoms with Crippen molar-refractivity contribution in [2.45, 2.75) is 6.42 Å². The van der Waals surface area contributed by atoms with Gasteiger partial charge < -0.3 is 0 Å². The summed E-state index contributed by atoms with van der Waals surface area (Å²) in [5.41, 5.74) is 3.16. The van der Waals surface area contributed by atoms with E-state index in [2.05, 4.69) is 12.3 Å². The molecular weight excluding hydrogens is 178 g/mol. The Kier molecular flexibility index (Phi) is 3.92. The highest BCUT2D eigenvalue weighted by Gasteiger charge is 2.19. The molecule has 0 spiro atoms. The number of hydrogen-bond donors (Lipinski definition) is 0. The monoisotopic (exact) mass is 190 g/mol. The number of hydroxylamine groups is 2. The molecule has 0 bridgehead atoms. The molecule has 0 aromatic carbocycles. The van der Waals surface area contributed by atoms with Crippen molar-refractivity contribution in [2.75, 3.05) is 13.2 Å². The third-order valence-electron chi connectivity index (χ3n) is 1.70. The van der Waals surface area contributed by atoms with E-state index in [0.717, 1.165) is 5.57 Å². The van der Waals surface area contributed by atoms with Gasteiger partial charge in [0.15, 0.2) is 0 Å². The van der Waals surface area contributed by atoms with Gasteiger partial charge in [-0.05, 0) is 18.2 Å². The van der Waals surface area contributed by atoms with Crippen molar-refractivity contribution in [2.24, 2.45) is 0 Å². The third kappa shape index (κ3) is 3.05. The Bertz CT molecular complexity index is 311. The average molecular weight is 190 g/mol. The third-order valence-corrected chi connectivity index (χ3v) is 1.70. The summed E-state index contributed by atoms with van der Waals surface area (Å²) >= 11 is 0. The SMILES string of the molecule is [CH]=C=C/C=C\CN1OCC(=C)CC1=O. The standard InChI is InChI=1S/C11H12NO2/c1-3-4-5-6-7-12-11(13)8-10(2)9-14-12/h1,4-6H,2,7-9H2/b6-5-. The maximum absolute atomic E-state index is 11.3. The van der Waals surface area contributed by atoms with Gasteiger partial charge in [-0.2, -0.15) is 0 Å². The van der Waals surface area contributed by atoms with E-state index in [1.54, 1.807) is 18.2 Å². The Hall–Kier alpha value is -1.57. The van der Waals surface area contributed by atoms with E-state index in [1.165, 1.54) is 5.06 Å². The van der Waals surface area contributed by atoms with E-state index >= 15 is 0 Å². The van der Waals surface area contributed by atoms with E-state index in [0.29, 0.717) is 19.6 Å². The summed E-state index contributed by atoms with van der Waals surface area (Å²) in [6.45, 7) is 9.53. The van der Waals surface area contributed by atoms with Crippen LogP contribution in [0.2, 0.25) is 0 Å². The Labute approximate surface area is 83.6 Å². The topological polar surface area (TPSA) is 29.5 Å². The highest BCUT2D eigenvalue weighted by atomic mass is 16.7. The normalized spacial score (nSPS) is 17.3. The summed E-state index contributed by atoms with van der Waals surface area (Å²) in [4.78, 5) is 16.5. The molecule has 0 aliphatic carbocycles. The minimum atomic E-state index is -0.0633. The van der Waals surface area contributed by atoms with Gasteiger partial charge in [0, 0.05) is 0 Å². The molecule has 0 unspecified atom stereocenters. The van der Waals surface area contributed by atoms with E-state index in [-0.39, 0.29) is 5.91 Å². The van der Waals surface area contributed by atoms with Gasteiger partial charge in [0.2, 0.25) is 0 Å². The number of allylic oxidation sites excluding steroid dienone is 2. The zero-order chi connectivity index (χ0) is 10.4. The fraction of sp³-hybridized carbons (Fsp3) is 0.273. The van der Waals surface area contributed by atoms with Crippen molar-refractivity contribution in [1.82, 2.24) is 5.06 Å². The first-order chi connectivity index (χ1) is 6.74. The molecule has 1 saturated heterocycles. The smallest absolute Gasteiger partial charge is 0.250 e. The van der Waals surface area contributed by atoms with E-state index < -0.39 is 0 Å². The minimum Gasteiger partial charge on any atom is -0.272 e. The van der Waals surface area contributed by atoms with E-state index in [9.17, 15) is 4.79 Å². The molecule has 1 amide bonds. The molecular formula is C11H12NO2. The number of hydrogen-bond acceptors (Lipinski definition) is 2. The van der Waals surface area contributed by atoms with Crippen LogP contribution in [0.25, 0.3) is 0 Å². The average Bonchev–Trinajstić information content (AvgIpc) is 2.15. The Balaban J connectivity index is 2.41. The van der Waals surface area contributed by atoms with Gasteiger partial charge in [0.1, 0.15) is 0 Å². The van der Waals surface area contributed by atoms with Gasteiger partial charge >= 0.3 is 0 Å². The fourth-order valence-corrected chi connectivity index (χ4v) is 1.03. The first kappa shape index (κ1) is 10.5. The predicted molar refractivity (Wildman–Crippen MR) is 52.9 cm³/mol. The van der Waals surface area contributed by atoms with Crippen LogP contribution in [0.5, 0.6) is 0 Å². The number of nitrogens with zero attached hydrogens (tertiary/aromatic N) is 1. The molecule has 3 nitrogen and oxygen atoms in total. The van der Waals surface area contributed by atoms with Gasteiger partial charge in [0.05, 0.1) is 19.6 Å². The molecule has 1 radical (unpaired) electrons. The molecule has 1 aliphatic rings. The fourth-order valence-electron chi connectivity index (χ4n) is 1.03. The van der Waals surface area contributed by atoms with Crippen LogP contribution in [0.1, 0.15) is 6.42 Å². The van der Waals surface area contributed by atoms with E-state index in [4.69, 9.17) is 11.4 Å². The quantitative estimate of drug-likeness (QED) is 0.382. The first-order valence-electron chi connectivity index (χ1n) is 4.28. The lowest BCUT2D eigenvalue weighted by Crippen LogP contribution is -2.36. The van der Waals surface area contributed by atoms with Crippen molar-refractivity contribution in [1.29, 1.82) is 0 Å². The van der Waals surface area contributed by atoms with Crippen molar-refractivity contribution in [3.8, 4) is 0 Å². The van der Waals surface area contributed by atoms with Crippen molar-refractivity contribution in [3.63, 3.8) is 0 Å². The van der Waals surface area contributed by atoms with Crippen LogP contribution in [0.3, 0.4) is 0 Å². The number of carbonyl (C=O) groups excluding carboxylic acids is 1. The van der Waals surface area contributed by atoms with Gasteiger partial charge in [0.25, 0.3) is 5.91 Å². The van der Waals surface area contributed by atoms with Gasteiger partial charge in [-0.1, -0.05) is 18.7 Å². The van der Waals surface area contributed by atoms with Crippen LogP contribution in [-0.2, 0) is 9.63 Å². The number of rotatable bonds is 3. The van der Waals surface area contributed by atoms with Crippen molar-refractivity contribution < 1.29 is 9.63 Å². The summed E-state index contributed by atoms with van der Waals surface area (Å²) in [5.74, 6) is -0.0633. The Morgan fingerprint density at radius 2 is 2.50 bits per heavy atom. The molecule has 0 N–H and O–H groups in total. The van der Waals surface area contributed by atoms with Crippen molar-refractivity contribution in [3.05, 3.63) is 42.7 Å². The van der Waals surface area contributed by atoms with Gasteiger partial charge in [-0.25, -0.2) is 5.06 Å². The Morgan fingerprint density at radius 1 is 1.71 bits per heavy atom. The van der Waals surface area contributed by atoms with Crippen molar-refractivity contribution >= 4 is 5.91 Å². The highest BCUT2D eigenvalue weighted by Crippen LogP contribution is 2.11. The van der Waals surface area contributed by atoms with Crippen LogP contribution >= 0.6 is 0 Å². The molecule has 1 aliphatic heterocycles. The molecule has 1 fully saturated rings. The zero-order valence-electron chi connectivity index (χ0n) is 7.90. The lowest BCUT2D eigenvalue weighted by Gasteiger charge is -2.25. The summed E-state index contributed by atoms with van der Waals surface area (Å²) < 4.78 is 0. The molecule has 1 rings (SSSR count). The molecule has 1 heterocycles. The largest absolute Gasteiger partial charge is 0.272 e. The summed E-state index contributed by atoms with van der Waals surface area (Å²) in [7, 11) is 0. The van der Waals surface area contributed by atoms with Crippen LogP contribution in [0.4, 0.5) is 0 Å². The molecule has 0 aromatic heterocycles. The van der Waals surface area contributed by atoms with E-state index in [1.807, 2.05) is 0 Å². The molecule has 14 heavy (non-hydrogen) atoms. The summed E-state index contributed by atoms with van der Waals surface area (Å²) in [6, 6.07) is 0. The lowest BCUT2D eigenvalue weighted by atomic mass is 10.2. The second-order valence-corrected chi connectivity index (χ2v) is 2.92. The van der Waals surface area contributed by atoms with Gasteiger partial charge in [-0.15, -0.1) is 5.73 Å². The van der Waals surface area contributed by atoms with Crippen LogP contribution in [-0.4, -0.2) is 24.1 Å². The first-order valence-corrected chi connectivity index (χ1v) is 4.28. The number of amides is 1. The number of carbonyl (C=O) groups is 1. The summed E-state index contributed by atoms with van der Waals surface area (Å²) in [5, 5.41) is 1.32. The minimum absolute atomic E-state index is 0.0633. The molecule has 0 atom stereocenters. The lowest BCUT2D eigenvalue weighted by molar-refractivity contribution is -0.186. The van der Waals surface area contributed by atoms with Crippen LogP contribution in [0, 0.1) is 6.58 Å². The van der Waals surface area contributed by atoms with Crippen LogP contribution < -0.4 is 0 Å².